The molecule has 1 rings (SSSR count). The van der Waals surface area contributed by atoms with E-state index in [4.69, 9.17) is 4.74 Å². The monoisotopic (exact) mass is 198 g/mol. The standard InChI is InChI=1S/C12H22O2/c1-3-4-5-6-7-8-11-9-10(2)14-12(11)13/h10-11H,3-9H2,1-2H3/t10-,11?/m0/s1. The minimum Gasteiger partial charge on any atom is -0.462 e. The van der Waals surface area contributed by atoms with Crippen LogP contribution in [0.2, 0.25) is 0 Å². The highest BCUT2D eigenvalue weighted by Gasteiger charge is 2.30. The van der Waals surface area contributed by atoms with Crippen LogP contribution in [0.1, 0.15) is 58.8 Å². The summed E-state index contributed by atoms with van der Waals surface area (Å²) in [6.45, 7) is 4.20. The van der Waals surface area contributed by atoms with E-state index in [1.54, 1.807) is 0 Å². The van der Waals surface area contributed by atoms with Crippen LogP contribution in [0, 0.1) is 5.92 Å². The minimum atomic E-state index is 0.0352. The minimum absolute atomic E-state index is 0.0352. The van der Waals surface area contributed by atoms with Crippen LogP contribution >= 0.6 is 0 Å². The van der Waals surface area contributed by atoms with E-state index >= 15 is 0 Å². The zero-order chi connectivity index (χ0) is 10.4. The number of unbranched alkanes of at least 4 members (excludes halogenated alkanes) is 4. The molecule has 0 saturated carbocycles. The lowest BCUT2D eigenvalue weighted by atomic mass is 9.97. The fourth-order valence-corrected chi connectivity index (χ4v) is 2.07. The molecular weight excluding hydrogens is 176 g/mol. The van der Waals surface area contributed by atoms with Crippen molar-refractivity contribution >= 4 is 5.97 Å². The van der Waals surface area contributed by atoms with Gasteiger partial charge >= 0.3 is 5.97 Å². The maximum Gasteiger partial charge on any atom is 0.309 e. The number of carbonyl (C=O) groups is 1. The normalized spacial score (nSPS) is 26.6. The van der Waals surface area contributed by atoms with Gasteiger partial charge in [0, 0.05) is 0 Å². The molecule has 2 heteroatoms. The van der Waals surface area contributed by atoms with Crippen LogP contribution in [0.4, 0.5) is 0 Å². The molecule has 0 aromatic heterocycles. The van der Waals surface area contributed by atoms with Gasteiger partial charge < -0.3 is 4.74 Å². The van der Waals surface area contributed by atoms with Crippen molar-refractivity contribution < 1.29 is 9.53 Å². The molecule has 82 valence electrons. The van der Waals surface area contributed by atoms with Crippen LogP contribution < -0.4 is 0 Å². The van der Waals surface area contributed by atoms with E-state index in [9.17, 15) is 4.79 Å². The Morgan fingerprint density at radius 1 is 1.29 bits per heavy atom. The Hall–Kier alpha value is -0.530. The van der Waals surface area contributed by atoms with E-state index < -0.39 is 0 Å². The van der Waals surface area contributed by atoms with Gasteiger partial charge in [-0.2, -0.15) is 0 Å². The van der Waals surface area contributed by atoms with Crippen LogP contribution in [-0.4, -0.2) is 12.1 Å². The van der Waals surface area contributed by atoms with E-state index in [0.29, 0.717) is 0 Å². The van der Waals surface area contributed by atoms with Crippen molar-refractivity contribution in [3.05, 3.63) is 0 Å². The molecule has 0 amide bonds. The Morgan fingerprint density at radius 2 is 2.00 bits per heavy atom. The van der Waals surface area contributed by atoms with Gasteiger partial charge in [0.25, 0.3) is 0 Å². The number of hydrogen-bond donors (Lipinski definition) is 0. The summed E-state index contributed by atoms with van der Waals surface area (Å²) in [5.74, 6) is 0.236. The van der Waals surface area contributed by atoms with Gasteiger partial charge in [0.1, 0.15) is 0 Å². The molecule has 0 aromatic carbocycles. The van der Waals surface area contributed by atoms with E-state index in [-0.39, 0.29) is 18.0 Å². The van der Waals surface area contributed by atoms with E-state index in [1.807, 2.05) is 6.92 Å². The molecule has 0 N–H and O–H groups in total. The van der Waals surface area contributed by atoms with Crippen molar-refractivity contribution in [2.45, 2.75) is 64.9 Å². The van der Waals surface area contributed by atoms with Crippen molar-refractivity contribution in [3.8, 4) is 0 Å². The Kier molecular flexibility index (Phi) is 4.99. The van der Waals surface area contributed by atoms with Crippen molar-refractivity contribution in [3.63, 3.8) is 0 Å². The van der Waals surface area contributed by atoms with Crippen molar-refractivity contribution in [2.24, 2.45) is 5.92 Å². The molecule has 1 aliphatic rings. The molecule has 0 aromatic rings. The first kappa shape index (κ1) is 11.5. The largest absolute Gasteiger partial charge is 0.462 e. The van der Waals surface area contributed by atoms with Crippen LogP contribution in [0.25, 0.3) is 0 Å². The summed E-state index contributed by atoms with van der Waals surface area (Å²) in [5, 5.41) is 0. The molecule has 0 aliphatic carbocycles. The highest BCUT2D eigenvalue weighted by molar-refractivity contribution is 5.74. The Morgan fingerprint density at radius 3 is 2.57 bits per heavy atom. The predicted molar refractivity (Wildman–Crippen MR) is 57.0 cm³/mol. The molecule has 1 aliphatic heterocycles. The van der Waals surface area contributed by atoms with E-state index in [2.05, 4.69) is 6.92 Å². The first-order chi connectivity index (χ1) is 6.74. The molecule has 1 heterocycles. The fourth-order valence-electron chi connectivity index (χ4n) is 2.07. The molecule has 0 radical (unpaired) electrons. The highest BCUT2D eigenvalue weighted by Crippen LogP contribution is 2.25. The summed E-state index contributed by atoms with van der Waals surface area (Å²) in [4.78, 5) is 11.3. The van der Waals surface area contributed by atoms with Crippen LogP contribution in [0.3, 0.4) is 0 Å². The summed E-state index contributed by atoms with van der Waals surface area (Å²) in [6, 6.07) is 0. The number of rotatable bonds is 6. The number of cyclic esters (lactones) is 1. The van der Waals surface area contributed by atoms with Gasteiger partial charge in [-0.25, -0.2) is 0 Å². The average Bonchev–Trinajstić information content (AvgIpc) is 2.45. The molecule has 1 unspecified atom stereocenters. The third-order valence-electron chi connectivity index (χ3n) is 2.92. The summed E-state index contributed by atoms with van der Waals surface area (Å²) in [6.07, 6.45) is 8.50. The third kappa shape index (κ3) is 3.69. The number of hydrogen-bond acceptors (Lipinski definition) is 2. The quantitative estimate of drug-likeness (QED) is 0.483. The molecule has 0 bridgehead atoms. The van der Waals surface area contributed by atoms with Gasteiger partial charge in [0.2, 0.25) is 0 Å². The zero-order valence-corrected chi connectivity index (χ0v) is 9.42. The number of ether oxygens (including phenoxy) is 1. The molecule has 2 nitrogen and oxygen atoms in total. The van der Waals surface area contributed by atoms with Gasteiger partial charge in [0.05, 0.1) is 12.0 Å². The second-order valence-corrected chi connectivity index (χ2v) is 4.38. The summed E-state index contributed by atoms with van der Waals surface area (Å²) in [5.41, 5.74) is 0. The van der Waals surface area contributed by atoms with Gasteiger partial charge in [-0.05, 0) is 19.8 Å². The Labute approximate surface area is 87.0 Å². The molecule has 1 saturated heterocycles. The van der Waals surface area contributed by atoms with E-state index in [0.717, 1.165) is 12.8 Å². The van der Waals surface area contributed by atoms with Crippen LogP contribution in [0.5, 0.6) is 0 Å². The smallest absolute Gasteiger partial charge is 0.309 e. The molecule has 1 fully saturated rings. The third-order valence-corrected chi connectivity index (χ3v) is 2.92. The van der Waals surface area contributed by atoms with Gasteiger partial charge in [-0.1, -0.05) is 39.0 Å². The molecule has 14 heavy (non-hydrogen) atoms. The number of esters is 1. The van der Waals surface area contributed by atoms with Crippen LogP contribution in [-0.2, 0) is 9.53 Å². The second kappa shape index (κ2) is 6.05. The molecule has 2 atom stereocenters. The van der Waals surface area contributed by atoms with Crippen molar-refractivity contribution in [1.82, 2.24) is 0 Å². The molecular formula is C12H22O2. The first-order valence-corrected chi connectivity index (χ1v) is 5.94. The highest BCUT2D eigenvalue weighted by atomic mass is 16.5. The Bertz CT molecular complexity index is 177. The van der Waals surface area contributed by atoms with E-state index in [1.165, 1.54) is 32.1 Å². The predicted octanol–water partition coefficient (Wildman–Crippen LogP) is 3.30. The lowest BCUT2D eigenvalue weighted by molar-refractivity contribution is -0.143. The fraction of sp³-hybridized carbons (Fsp3) is 0.917. The van der Waals surface area contributed by atoms with Crippen molar-refractivity contribution in [2.75, 3.05) is 0 Å². The SMILES string of the molecule is CCCCCCCC1C[C@H](C)OC1=O. The summed E-state index contributed by atoms with van der Waals surface area (Å²) < 4.78 is 5.11. The maximum atomic E-state index is 11.3. The Balaban J connectivity index is 2.04. The maximum absolute atomic E-state index is 11.3. The summed E-state index contributed by atoms with van der Waals surface area (Å²) >= 11 is 0. The zero-order valence-electron chi connectivity index (χ0n) is 9.42. The average molecular weight is 198 g/mol. The lowest BCUT2D eigenvalue weighted by Gasteiger charge is -2.04. The number of carbonyl (C=O) groups excluding carboxylic acids is 1. The topological polar surface area (TPSA) is 26.3 Å². The summed E-state index contributed by atoms with van der Waals surface area (Å²) in [7, 11) is 0. The second-order valence-electron chi connectivity index (χ2n) is 4.38. The van der Waals surface area contributed by atoms with Gasteiger partial charge in [0.15, 0.2) is 0 Å². The van der Waals surface area contributed by atoms with Crippen molar-refractivity contribution in [1.29, 1.82) is 0 Å². The van der Waals surface area contributed by atoms with Gasteiger partial charge in [-0.15, -0.1) is 0 Å². The lowest BCUT2D eigenvalue weighted by Crippen LogP contribution is -2.07. The molecule has 0 spiro atoms. The van der Waals surface area contributed by atoms with Gasteiger partial charge in [-0.3, -0.25) is 4.79 Å². The van der Waals surface area contributed by atoms with Crippen LogP contribution in [0.15, 0.2) is 0 Å². The first-order valence-electron chi connectivity index (χ1n) is 5.94.